The third-order valence-electron chi connectivity index (χ3n) is 4.15. The predicted octanol–water partition coefficient (Wildman–Crippen LogP) is 3.18. The van der Waals surface area contributed by atoms with Crippen molar-refractivity contribution in [2.75, 3.05) is 19.7 Å². The summed E-state index contributed by atoms with van der Waals surface area (Å²) in [5, 5.41) is 0. The second-order valence-corrected chi connectivity index (χ2v) is 5.67. The number of rotatable bonds is 7. The van der Waals surface area contributed by atoms with Gasteiger partial charge < -0.3 is 10.5 Å². The summed E-state index contributed by atoms with van der Waals surface area (Å²) in [5.41, 5.74) is 6.78. The van der Waals surface area contributed by atoms with Crippen LogP contribution in [0.4, 0.5) is 0 Å². The van der Waals surface area contributed by atoms with Gasteiger partial charge in [0, 0.05) is 19.1 Å². The minimum Gasteiger partial charge on any atom is -0.492 e. The van der Waals surface area contributed by atoms with E-state index in [0.717, 1.165) is 30.5 Å². The zero-order valence-corrected chi connectivity index (χ0v) is 12.7. The van der Waals surface area contributed by atoms with Gasteiger partial charge in [-0.25, -0.2) is 0 Å². The fraction of sp³-hybridized carbons (Fsp3) is 0.647. The molecule has 0 spiro atoms. The molecule has 0 amide bonds. The lowest BCUT2D eigenvalue weighted by Crippen LogP contribution is -2.41. The molecule has 0 aromatic heterocycles. The van der Waals surface area contributed by atoms with Crippen molar-refractivity contribution in [3.63, 3.8) is 0 Å². The van der Waals surface area contributed by atoms with Gasteiger partial charge in [0.05, 0.1) is 0 Å². The van der Waals surface area contributed by atoms with Crippen molar-refractivity contribution in [1.29, 1.82) is 0 Å². The maximum atomic E-state index is 5.88. The van der Waals surface area contributed by atoms with Crippen LogP contribution in [-0.4, -0.2) is 30.6 Å². The van der Waals surface area contributed by atoms with Crippen LogP contribution in [0.5, 0.6) is 5.75 Å². The quantitative estimate of drug-likeness (QED) is 0.831. The fourth-order valence-electron chi connectivity index (χ4n) is 3.06. The molecule has 1 unspecified atom stereocenters. The van der Waals surface area contributed by atoms with Gasteiger partial charge in [0.2, 0.25) is 0 Å². The van der Waals surface area contributed by atoms with E-state index in [0.29, 0.717) is 6.54 Å². The highest BCUT2D eigenvalue weighted by Gasteiger charge is 2.20. The van der Waals surface area contributed by atoms with Crippen LogP contribution in [-0.2, 0) is 6.54 Å². The van der Waals surface area contributed by atoms with E-state index in [2.05, 4.69) is 11.8 Å². The summed E-state index contributed by atoms with van der Waals surface area (Å²) >= 11 is 0. The molecule has 1 aliphatic rings. The van der Waals surface area contributed by atoms with E-state index in [-0.39, 0.29) is 0 Å². The SMILES string of the molecule is CCCC1CCCCN1CCOc1cccc(CN)c1. The third-order valence-corrected chi connectivity index (χ3v) is 4.15. The first kappa shape index (κ1) is 15.3. The lowest BCUT2D eigenvalue weighted by molar-refractivity contribution is 0.116. The van der Waals surface area contributed by atoms with Crippen molar-refractivity contribution in [3.05, 3.63) is 29.8 Å². The lowest BCUT2D eigenvalue weighted by atomic mass is 9.98. The Morgan fingerprint density at radius 3 is 3.05 bits per heavy atom. The van der Waals surface area contributed by atoms with E-state index >= 15 is 0 Å². The molecule has 1 aromatic rings. The van der Waals surface area contributed by atoms with Gasteiger partial charge in [-0.2, -0.15) is 0 Å². The Balaban J connectivity index is 1.78. The molecule has 20 heavy (non-hydrogen) atoms. The van der Waals surface area contributed by atoms with Gasteiger partial charge in [-0.1, -0.05) is 31.9 Å². The molecule has 1 heterocycles. The van der Waals surface area contributed by atoms with Crippen molar-refractivity contribution in [1.82, 2.24) is 4.90 Å². The molecule has 1 atom stereocenters. The number of hydrogen-bond acceptors (Lipinski definition) is 3. The van der Waals surface area contributed by atoms with E-state index in [1.807, 2.05) is 24.3 Å². The fourth-order valence-corrected chi connectivity index (χ4v) is 3.06. The van der Waals surface area contributed by atoms with Crippen molar-refractivity contribution < 1.29 is 4.74 Å². The minimum atomic E-state index is 0.571. The smallest absolute Gasteiger partial charge is 0.119 e. The average Bonchev–Trinajstić information content (AvgIpc) is 2.49. The first-order chi connectivity index (χ1) is 9.83. The van der Waals surface area contributed by atoms with Gasteiger partial charge in [0.15, 0.2) is 0 Å². The van der Waals surface area contributed by atoms with Gasteiger partial charge in [0.25, 0.3) is 0 Å². The van der Waals surface area contributed by atoms with Crippen molar-refractivity contribution in [2.45, 2.75) is 51.6 Å². The Morgan fingerprint density at radius 1 is 1.35 bits per heavy atom. The second kappa shape index (κ2) is 8.28. The van der Waals surface area contributed by atoms with Crippen LogP contribution in [0.25, 0.3) is 0 Å². The maximum absolute atomic E-state index is 5.88. The Bertz CT molecular complexity index is 392. The number of nitrogens with two attached hydrogens (primary N) is 1. The molecule has 1 saturated heterocycles. The molecule has 1 fully saturated rings. The molecule has 1 aromatic carbocycles. The molecule has 112 valence electrons. The van der Waals surface area contributed by atoms with Crippen LogP contribution >= 0.6 is 0 Å². The molecule has 0 aliphatic carbocycles. The lowest BCUT2D eigenvalue weighted by Gasteiger charge is -2.35. The summed E-state index contributed by atoms with van der Waals surface area (Å²) in [6.45, 7) is 5.89. The summed E-state index contributed by atoms with van der Waals surface area (Å²) in [6.07, 6.45) is 6.68. The number of nitrogens with zero attached hydrogens (tertiary/aromatic N) is 1. The van der Waals surface area contributed by atoms with Crippen LogP contribution in [0.2, 0.25) is 0 Å². The average molecular weight is 276 g/mol. The zero-order chi connectivity index (χ0) is 14.2. The van der Waals surface area contributed by atoms with E-state index in [1.54, 1.807) is 0 Å². The van der Waals surface area contributed by atoms with Crippen molar-refractivity contribution in [2.24, 2.45) is 5.73 Å². The number of ether oxygens (including phenoxy) is 1. The highest BCUT2D eigenvalue weighted by Crippen LogP contribution is 2.20. The van der Waals surface area contributed by atoms with Crippen molar-refractivity contribution in [3.8, 4) is 5.75 Å². The molecule has 0 saturated carbocycles. The molecule has 2 N–H and O–H groups in total. The minimum absolute atomic E-state index is 0.571. The molecule has 3 heteroatoms. The number of piperidine rings is 1. The number of hydrogen-bond donors (Lipinski definition) is 1. The van der Waals surface area contributed by atoms with Crippen molar-refractivity contribution >= 4 is 0 Å². The van der Waals surface area contributed by atoms with Crippen LogP contribution in [0.15, 0.2) is 24.3 Å². The molecule has 3 nitrogen and oxygen atoms in total. The summed E-state index contributed by atoms with van der Waals surface area (Å²) in [6, 6.07) is 8.87. The molecule has 0 radical (unpaired) electrons. The zero-order valence-electron chi connectivity index (χ0n) is 12.7. The Morgan fingerprint density at radius 2 is 2.25 bits per heavy atom. The molecule has 0 bridgehead atoms. The normalized spacial score (nSPS) is 20.0. The van der Waals surface area contributed by atoms with Gasteiger partial charge in [-0.05, 0) is 43.5 Å². The highest BCUT2D eigenvalue weighted by atomic mass is 16.5. The van der Waals surface area contributed by atoms with Crippen LogP contribution < -0.4 is 10.5 Å². The number of benzene rings is 1. The van der Waals surface area contributed by atoms with E-state index in [4.69, 9.17) is 10.5 Å². The monoisotopic (exact) mass is 276 g/mol. The molecular formula is C17H28N2O. The van der Waals surface area contributed by atoms with E-state index in [9.17, 15) is 0 Å². The Hall–Kier alpha value is -1.06. The van der Waals surface area contributed by atoms with Gasteiger partial charge in [-0.15, -0.1) is 0 Å². The second-order valence-electron chi connectivity index (χ2n) is 5.67. The standard InChI is InChI=1S/C17H28N2O/c1-2-6-16-8-3-4-10-19(16)11-12-20-17-9-5-7-15(13-17)14-18/h5,7,9,13,16H,2-4,6,8,10-12,14,18H2,1H3. The molecular weight excluding hydrogens is 248 g/mol. The largest absolute Gasteiger partial charge is 0.492 e. The summed E-state index contributed by atoms with van der Waals surface area (Å²) in [5.74, 6) is 0.942. The van der Waals surface area contributed by atoms with E-state index in [1.165, 1.54) is 38.6 Å². The third kappa shape index (κ3) is 4.50. The molecule has 1 aliphatic heterocycles. The van der Waals surface area contributed by atoms with Gasteiger partial charge >= 0.3 is 0 Å². The Labute approximate surface area is 123 Å². The topological polar surface area (TPSA) is 38.5 Å². The first-order valence-corrected chi connectivity index (χ1v) is 7.99. The van der Waals surface area contributed by atoms with Gasteiger partial charge in [-0.3, -0.25) is 4.90 Å². The van der Waals surface area contributed by atoms with E-state index < -0.39 is 0 Å². The first-order valence-electron chi connectivity index (χ1n) is 7.99. The Kier molecular flexibility index (Phi) is 6.34. The summed E-state index contributed by atoms with van der Waals surface area (Å²) in [7, 11) is 0. The maximum Gasteiger partial charge on any atom is 0.119 e. The van der Waals surface area contributed by atoms with Crippen LogP contribution in [0.1, 0.15) is 44.6 Å². The summed E-state index contributed by atoms with van der Waals surface area (Å²) in [4.78, 5) is 2.61. The predicted molar refractivity (Wildman–Crippen MR) is 83.9 cm³/mol. The molecule has 2 rings (SSSR count). The summed E-state index contributed by atoms with van der Waals surface area (Å²) < 4.78 is 5.88. The van der Waals surface area contributed by atoms with Crippen LogP contribution in [0, 0.1) is 0 Å². The highest BCUT2D eigenvalue weighted by molar-refractivity contribution is 5.28. The number of likely N-dealkylation sites (tertiary alicyclic amines) is 1. The van der Waals surface area contributed by atoms with Gasteiger partial charge in [0.1, 0.15) is 12.4 Å². The van der Waals surface area contributed by atoms with Crippen LogP contribution in [0.3, 0.4) is 0 Å².